The molecular formula is C7H9NO3. The van der Waals surface area contributed by atoms with Crippen LogP contribution < -0.4 is 5.76 Å². The number of carbonyl (C=O) groups is 1. The van der Waals surface area contributed by atoms with Crippen molar-refractivity contribution in [1.82, 2.24) is 4.57 Å². The van der Waals surface area contributed by atoms with Crippen LogP contribution in [0.4, 0.5) is 0 Å². The molecule has 0 saturated carbocycles. The molecule has 4 nitrogen and oxygen atoms in total. The summed E-state index contributed by atoms with van der Waals surface area (Å²) in [5, 5.41) is 0. The highest BCUT2D eigenvalue weighted by atomic mass is 16.4. The fourth-order valence-electron chi connectivity index (χ4n) is 0.913. The minimum Gasteiger partial charge on any atom is -0.416 e. The molecule has 0 unspecified atom stereocenters. The van der Waals surface area contributed by atoms with Gasteiger partial charge in [-0.25, -0.2) is 9.36 Å². The topological polar surface area (TPSA) is 52.2 Å². The van der Waals surface area contributed by atoms with E-state index < -0.39 is 5.76 Å². The van der Waals surface area contributed by atoms with Gasteiger partial charge in [0.25, 0.3) is 0 Å². The maximum absolute atomic E-state index is 10.8. The Morgan fingerprint density at radius 1 is 1.73 bits per heavy atom. The van der Waals surface area contributed by atoms with Gasteiger partial charge in [-0.05, 0) is 6.42 Å². The van der Waals surface area contributed by atoms with E-state index in [0.717, 1.165) is 4.57 Å². The standard InChI is InChI=1S/C7H9NO3/c1-3-6-4-11-7(10)8(6)5(2)9/h4H,3H2,1-2H3. The van der Waals surface area contributed by atoms with Crippen LogP contribution in [0.2, 0.25) is 0 Å². The van der Waals surface area contributed by atoms with Gasteiger partial charge >= 0.3 is 5.76 Å². The highest BCUT2D eigenvalue weighted by molar-refractivity contribution is 5.76. The molecule has 60 valence electrons. The van der Waals surface area contributed by atoms with E-state index in [1.54, 1.807) is 0 Å². The zero-order chi connectivity index (χ0) is 8.43. The van der Waals surface area contributed by atoms with Crippen molar-refractivity contribution >= 4 is 5.91 Å². The molecule has 0 bridgehead atoms. The zero-order valence-electron chi connectivity index (χ0n) is 6.46. The Hall–Kier alpha value is -1.32. The summed E-state index contributed by atoms with van der Waals surface area (Å²) in [5.41, 5.74) is 0.613. The van der Waals surface area contributed by atoms with Crippen LogP contribution in [0.1, 0.15) is 24.3 Å². The molecule has 1 heterocycles. The number of aromatic nitrogens is 1. The minimum absolute atomic E-state index is 0.305. The molecule has 4 heteroatoms. The summed E-state index contributed by atoms with van der Waals surface area (Å²) in [6.07, 6.45) is 1.93. The summed E-state index contributed by atoms with van der Waals surface area (Å²) in [7, 11) is 0. The van der Waals surface area contributed by atoms with E-state index >= 15 is 0 Å². The predicted octanol–water partition coefficient (Wildman–Crippen LogP) is 0.664. The third-order valence-electron chi connectivity index (χ3n) is 1.44. The first-order valence-corrected chi connectivity index (χ1v) is 3.37. The Labute approximate surface area is 63.4 Å². The lowest BCUT2D eigenvalue weighted by Crippen LogP contribution is -2.21. The largest absolute Gasteiger partial charge is 0.425 e. The van der Waals surface area contributed by atoms with E-state index in [1.165, 1.54) is 13.2 Å². The Kier molecular flexibility index (Phi) is 1.94. The number of hydrogen-bond donors (Lipinski definition) is 0. The van der Waals surface area contributed by atoms with Gasteiger partial charge in [0, 0.05) is 6.92 Å². The summed E-state index contributed by atoms with van der Waals surface area (Å²) in [6, 6.07) is 0. The number of nitrogens with zero attached hydrogens (tertiary/aromatic N) is 1. The van der Waals surface area contributed by atoms with E-state index in [-0.39, 0.29) is 5.91 Å². The van der Waals surface area contributed by atoms with Crippen LogP contribution in [-0.4, -0.2) is 10.5 Å². The molecule has 0 radical (unpaired) electrons. The van der Waals surface area contributed by atoms with Crippen molar-refractivity contribution in [3.05, 3.63) is 22.5 Å². The maximum Gasteiger partial charge on any atom is 0.425 e. The quantitative estimate of drug-likeness (QED) is 0.598. The van der Waals surface area contributed by atoms with Gasteiger partial charge in [-0.2, -0.15) is 0 Å². The molecule has 1 aromatic heterocycles. The molecule has 1 aromatic rings. The van der Waals surface area contributed by atoms with Crippen LogP contribution >= 0.6 is 0 Å². The molecule has 1 rings (SSSR count). The van der Waals surface area contributed by atoms with Gasteiger partial charge in [0.15, 0.2) is 0 Å². The number of rotatable bonds is 1. The van der Waals surface area contributed by atoms with E-state index in [0.29, 0.717) is 12.1 Å². The molecule has 0 aliphatic rings. The fourth-order valence-corrected chi connectivity index (χ4v) is 0.913. The molecule has 0 aliphatic heterocycles. The third kappa shape index (κ3) is 1.24. The van der Waals surface area contributed by atoms with Gasteiger partial charge < -0.3 is 4.42 Å². The molecule has 0 aromatic carbocycles. The Bertz CT molecular complexity index is 321. The van der Waals surface area contributed by atoms with Crippen molar-refractivity contribution < 1.29 is 9.21 Å². The summed E-state index contributed by atoms with van der Waals surface area (Å²) in [6.45, 7) is 3.18. The summed E-state index contributed by atoms with van der Waals surface area (Å²) in [4.78, 5) is 21.6. The Morgan fingerprint density at radius 3 is 2.73 bits per heavy atom. The van der Waals surface area contributed by atoms with Crippen LogP contribution in [0.15, 0.2) is 15.5 Å². The average Bonchev–Trinajstić information content (AvgIpc) is 2.30. The number of oxazole rings is 1. The summed E-state index contributed by atoms with van der Waals surface area (Å²) < 4.78 is 5.56. The van der Waals surface area contributed by atoms with E-state index in [4.69, 9.17) is 0 Å². The maximum atomic E-state index is 10.8. The lowest BCUT2D eigenvalue weighted by molar-refractivity contribution is 0.0925. The predicted molar refractivity (Wildman–Crippen MR) is 38.6 cm³/mol. The first-order valence-electron chi connectivity index (χ1n) is 3.37. The minimum atomic E-state index is -0.602. The van der Waals surface area contributed by atoms with Crippen molar-refractivity contribution in [3.8, 4) is 0 Å². The molecule has 0 fully saturated rings. The van der Waals surface area contributed by atoms with E-state index in [9.17, 15) is 9.59 Å². The molecule has 0 saturated heterocycles. The molecule has 11 heavy (non-hydrogen) atoms. The van der Waals surface area contributed by atoms with Crippen molar-refractivity contribution in [2.75, 3.05) is 0 Å². The Morgan fingerprint density at radius 2 is 2.36 bits per heavy atom. The molecular weight excluding hydrogens is 146 g/mol. The molecule has 0 spiro atoms. The lowest BCUT2D eigenvalue weighted by Gasteiger charge is -1.95. The first kappa shape index (κ1) is 7.78. The van der Waals surface area contributed by atoms with E-state index in [1.807, 2.05) is 6.92 Å². The van der Waals surface area contributed by atoms with Crippen LogP contribution in [0, 0.1) is 0 Å². The highest BCUT2D eigenvalue weighted by Crippen LogP contribution is 1.96. The molecule has 0 atom stereocenters. The van der Waals surface area contributed by atoms with Crippen LogP contribution in [0.25, 0.3) is 0 Å². The second kappa shape index (κ2) is 2.74. The SMILES string of the molecule is CCc1coc(=O)n1C(C)=O. The van der Waals surface area contributed by atoms with Crippen LogP contribution in [-0.2, 0) is 6.42 Å². The number of hydrogen-bond acceptors (Lipinski definition) is 3. The Balaban J connectivity index is 3.29. The molecule has 0 N–H and O–H groups in total. The van der Waals surface area contributed by atoms with Crippen LogP contribution in [0.5, 0.6) is 0 Å². The molecule has 0 aliphatic carbocycles. The third-order valence-corrected chi connectivity index (χ3v) is 1.44. The summed E-state index contributed by atoms with van der Waals surface area (Å²) >= 11 is 0. The zero-order valence-corrected chi connectivity index (χ0v) is 6.46. The van der Waals surface area contributed by atoms with Gasteiger partial charge in [0.1, 0.15) is 6.26 Å². The van der Waals surface area contributed by atoms with Crippen molar-refractivity contribution in [3.63, 3.8) is 0 Å². The second-order valence-electron chi connectivity index (χ2n) is 2.20. The highest BCUT2D eigenvalue weighted by Gasteiger charge is 2.09. The van der Waals surface area contributed by atoms with Crippen molar-refractivity contribution in [2.45, 2.75) is 20.3 Å². The molecule has 0 amide bonds. The second-order valence-corrected chi connectivity index (χ2v) is 2.20. The van der Waals surface area contributed by atoms with Gasteiger partial charge in [0.2, 0.25) is 5.91 Å². The van der Waals surface area contributed by atoms with Crippen molar-refractivity contribution in [2.24, 2.45) is 0 Å². The van der Waals surface area contributed by atoms with Gasteiger partial charge in [-0.15, -0.1) is 0 Å². The van der Waals surface area contributed by atoms with Crippen molar-refractivity contribution in [1.29, 1.82) is 0 Å². The first-order chi connectivity index (χ1) is 5.16. The lowest BCUT2D eigenvalue weighted by atomic mass is 10.4. The normalized spacial score (nSPS) is 10.0. The number of carbonyl (C=O) groups excluding carboxylic acids is 1. The summed E-state index contributed by atoms with van der Waals surface area (Å²) in [5.74, 6) is -0.907. The fraction of sp³-hybridized carbons (Fsp3) is 0.429. The smallest absolute Gasteiger partial charge is 0.416 e. The van der Waals surface area contributed by atoms with E-state index in [2.05, 4.69) is 4.42 Å². The number of aryl methyl sites for hydroxylation is 1. The monoisotopic (exact) mass is 155 g/mol. The van der Waals surface area contributed by atoms with Gasteiger partial charge in [-0.3, -0.25) is 4.79 Å². The van der Waals surface area contributed by atoms with Crippen LogP contribution in [0.3, 0.4) is 0 Å². The van der Waals surface area contributed by atoms with Gasteiger partial charge in [-0.1, -0.05) is 6.92 Å². The van der Waals surface area contributed by atoms with Gasteiger partial charge in [0.05, 0.1) is 5.69 Å². The average molecular weight is 155 g/mol.